The topological polar surface area (TPSA) is 38.3 Å². The average Bonchev–Trinajstić information content (AvgIpc) is 2.78. The number of hydrogen-bond donors (Lipinski definition) is 1. The molecule has 1 aliphatic carbocycles. The second kappa shape index (κ2) is 5.38. The standard InChI is InChI=1S/C14H25NO2/c1-14(2)8-5-9-15-12(14)13(16)17-10-11-6-3-4-7-11/h11-12,15H,3-10H2,1-2H3. The van der Waals surface area contributed by atoms with E-state index in [1.165, 1.54) is 25.7 Å². The van der Waals surface area contributed by atoms with E-state index in [0.717, 1.165) is 19.4 Å². The van der Waals surface area contributed by atoms with Crippen LogP contribution < -0.4 is 5.32 Å². The van der Waals surface area contributed by atoms with Gasteiger partial charge in [-0.1, -0.05) is 26.7 Å². The van der Waals surface area contributed by atoms with Gasteiger partial charge in [-0.05, 0) is 43.6 Å². The average molecular weight is 239 g/mol. The monoisotopic (exact) mass is 239 g/mol. The van der Waals surface area contributed by atoms with E-state index in [1.807, 2.05) is 0 Å². The summed E-state index contributed by atoms with van der Waals surface area (Å²) in [6.07, 6.45) is 7.32. The van der Waals surface area contributed by atoms with Crippen LogP contribution in [0.25, 0.3) is 0 Å². The van der Waals surface area contributed by atoms with Crippen LogP contribution in [-0.2, 0) is 9.53 Å². The van der Waals surface area contributed by atoms with Crippen LogP contribution in [0.3, 0.4) is 0 Å². The Morgan fingerprint density at radius 1 is 1.29 bits per heavy atom. The van der Waals surface area contributed by atoms with Gasteiger partial charge in [-0.25, -0.2) is 0 Å². The summed E-state index contributed by atoms with van der Waals surface area (Å²) in [5, 5.41) is 3.31. The minimum Gasteiger partial charge on any atom is -0.464 e. The molecule has 0 aromatic carbocycles. The molecular weight excluding hydrogens is 214 g/mol. The normalized spacial score (nSPS) is 29.2. The van der Waals surface area contributed by atoms with Crippen molar-refractivity contribution in [1.29, 1.82) is 0 Å². The van der Waals surface area contributed by atoms with Crippen LogP contribution in [-0.4, -0.2) is 25.2 Å². The van der Waals surface area contributed by atoms with Gasteiger partial charge in [0.25, 0.3) is 0 Å². The summed E-state index contributed by atoms with van der Waals surface area (Å²) in [7, 11) is 0. The second-order valence-corrected chi connectivity index (χ2v) is 6.26. The van der Waals surface area contributed by atoms with E-state index in [1.54, 1.807) is 0 Å². The molecular formula is C14H25NO2. The molecule has 2 aliphatic rings. The first-order valence-corrected chi connectivity index (χ1v) is 6.99. The highest BCUT2D eigenvalue weighted by Gasteiger charge is 2.38. The number of esters is 1. The summed E-state index contributed by atoms with van der Waals surface area (Å²) < 4.78 is 5.50. The van der Waals surface area contributed by atoms with Gasteiger partial charge in [-0.3, -0.25) is 4.79 Å². The Morgan fingerprint density at radius 2 is 2.00 bits per heavy atom. The molecule has 2 fully saturated rings. The first-order chi connectivity index (χ1) is 8.09. The third-order valence-electron chi connectivity index (χ3n) is 4.30. The Labute approximate surface area is 104 Å². The van der Waals surface area contributed by atoms with Crippen LogP contribution in [0.2, 0.25) is 0 Å². The molecule has 1 heterocycles. The maximum atomic E-state index is 12.1. The summed E-state index contributed by atoms with van der Waals surface area (Å²) >= 11 is 0. The molecule has 1 atom stereocenters. The lowest BCUT2D eigenvalue weighted by Crippen LogP contribution is -2.52. The Kier molecular flexibility index (Phi) is 4.08. The number of carbonyl (C=O) groups is 1. The molecule has 3 nitrogen and oxygen atoms in total. The number of hydrogen-bond acceptors (Lipinski definition) is 3. The highest BCUT2D eigenvalue weighted by molar-refractivity contribution is 5.77. The maximum absolute atomic E-state index is 12.1. The Morgan fingerprint density at radius 3 is 2.65 bits per heavy atom. The van der Waals surface area contributed by atoms with E-state index in [2.05, 4.69) is 19.2 Å². The highest BCUT2D eigenvalue weighted by Crippen LogP contribution is 2.31. The third kappa shape index (κ3) is 3.21. The molecule has 17 heavy (non-hydrogen) atoms. The van der Waals surface area contributed by atoms with Crippen molar-refractivity contribution in [3.63, 3.8) is 0 Å². The summed E-state index contributed by atoms with van der Waals surface area (Å²) in [4.78, 5) is 12.1. The molecule has 1 aliphatic heterocycles. The Bertz CT molecular complexity index is 269. The largest absolute Gasteiger partial charge is 0.464 e. The van der Waals surface area contributed by atoms with Gasteiger partial charge in [0, 0.05) is 0 Å². The highest BCUT2D eigenvalue weighted by atomic mass is 16.5. The third-order valence-corrected chi connectivity index (χ3v) is 4.30. The van der Waals surface area contributed by atoms with Gasteiger partial charge in [0.15, 0.2) is 0 Å². The Balaban J connectivity index is 1.81. The van der Waals surface area contributed by atoms with E-state index in [9.17, 15) is 4.79 Å². The molecule has 3 heteroatoms. The molecule has 0 aromatic rings. The summed E-state index contributed by atoms with van der Waals surface area (Å²) in [5.74, 6) is 0.576. The molecule has 0 amide bonds. The number of piperidine rings is 1. The fourth-order valence-electron chi connectivity index (χ4n) is 3.07. The van der Waals surface area contributed by atoms with Crippen LogP contribution >= 0.6 is 0 Å². The summed E-state index contributed by atoms with van der Waals surface area (Å²) in [5.41, 5.74) is 0.0327. The quantitative estimate of drug-likeness (QED) is 0.769. The molecule has 98 valence electrons. The van der Waals surface area contributed by atoms with Crippen molar-refractivity contribution in [1.82, 2.24) is 5.32 Å². The van der Waals surface area contributed by atoms with E-state index < -0.39 is 0 Å². The minimum atomic E-state index is -0.113. The van der Waals surface area contributed by atoms with Crippen molar-refractivity contribution in [3.8, 4) is 0 Å². The van der Waals surface area contributed by atoms with E-state index in [4.69, 9.17) is 4.74 Å². The first-order valence-electron chi connectivity index (χ1n) is 6.99. The lowest BCUT2D eigenvalue weighted by molar-refractivity contribution is -0.151. The van der Waals surface area contributed by atoms with Crippen molar-refractivity contribution in [2.24, 2.45) is 11.3 Å². The van der Waals surface area contributed by atoms with Gasteiger partial charge in [0.2, 0.25) is 0 Å². The number of carbonyl (C=O) groups excluding carboxylic acids is 1. The van der Waals surface area contributed by atoms with Crippen LogP contribution in [0.1, 0.15) is 52.4 Å². The Hall–Kier alpha value is -0.570. The molecule has 2 rings (SSSR count). The lowest BCUT2D eigenvalue weighted by Gasteiger charge is -2.37. The molecule has 0 spiro atoms. The number of rotatable bonds is 3. The van der Waals surface area contributed by atoms with Gasteiger partial charge >= 0.3 is 5.97 Å². The van der Waals surface area contributed by atoms with E-state index in [0.29, 0.717) is 12.5 Å². The van der Waals surface area contributed by atoms with Crippen molar-refractivity contribution >= 4 is 5.97 Å². The fourth-order valence-corrected chi connectivity index (χ4v) is 3.07. The van der Waals surface area contributed by atoms with Crippen molar-refractivity contribution < 1.29 is 9.53 Å². The zero-order valence-corrected chi connectivity index (χ0v) is 11.1. The molecule has 0 aromatic heterocycles. The van der Waals surface area contributed by atoms with Crippen LogP contribution in [0.15, 0.2) is 0 Å². The SMILES string of the molecule is CC1(C)CCCNC1C(=O)OCC1CCCC1. The molecule has 0 radical (unpaired) electrons. The molecule has 1 N–H and O–H groups in total. The van der Waals surface area contributed by atoms with Crippen molar-refractivity contribution in [2.45, 2.75) is 58.4 Å². The molecule has 0 bridgehead atoms. The van der Waals surface area contributed by atoms with Crippen molar-refractivity contribution in [3.05, 3.63) is 0 Å². The first kappa shape index (κ1) is 12.9. The smallest absolute Gasteiger partial charge is 0.323 e. The van der Waals surface area contributed by atoms with E-state index in [-0.39, 0.29) is 17.4 Å². The number of ether oxygens (including phenoxy) is 1. The van der Waals surface area contributed by atoms with E-state index >= 15 is 0 Å². The number of nitrogens with one attached hydrogen (secondary N) is 1. The fraction of sp³-hybridized carbons (Fsp3) is 0.929. The van der Waals surface area contributed by atoms with Gasteiger partial charge < -0.3 is 10.1 Å². The lowest BCUT2D eigenvalue weighted by atomic mass is 9.77. The zero-order valence-electron chi connectivity index (χ0n) is 11.1. The maximum Gasteiger partial charge on any atom is 0.323 e. The van der Waals surface area contributed by atoms with Gasteiger partial charge in [-0.15, -0.1) is 0 Å². The molecule has 1 unspecified atom stereocenters. The molecule has 1 saturated heterocycles. The zero-order chi connectivity index (χ0) is 12.3. The van der Waals surface area contributed by atoms with Crippen LogP contribution in [0.5, 0.6) is 0 Å². The van der Waals surface area contributed by atoms with Crippen LogP contribution in [0.4, 0.5) is 0 Å². The summed E-state index contributed by atoms with van der Waals surface area (Å²) in [6, 6.07) is -0.113. The summed E-state index contributed by atoms with van der Waals surface area (Å²) in [6.45, 7) is 5.88. The van der Waals surface area contributed by atoms with Crippen molar-refractivity contribution in [2.75, 3.05) is 13.2 Å². The molecule has 1 saturated carbocycles. The predicted molar refractivity (Wildman–Crippen MR) is 67.7 cm³/mol. The van der Waals surface area contributed by atoms with Gasteiger partial charge in [-0.2, -0.15) is 0 Å². The van der Waals surface area contributed by atoms with Crippen LogP contribution in [0, 0.1) is 11.3 Å². The van der Waals surface area contributed by atoms with Gasteiger partial charge in [0.05, 0.1) is 6.61 Å². The second-order valence-electron chi connectivity index (χ2n) is 6.26. The minimum absolute atomic E-state index is 0.0327. The van der Waals surface area contributed by atoms with Gasteiger partial charge in [0.1, 0.15) is 6.04 Å². The predicted octanol–water partition coefficient (Wildman–Crippen LogP) is 2.50.